The van der Waals surface area contributed by atoms with Gasteiger partial charge >= 0.3 is 0 Å². The van der Waals surface area contributed by atoms with Gasteiger partial charge < -0.3 is 14.5 Å². The van der Waals surface area contributed by atoms with E-state index >= 15 is 0 Å². The number of aromatic nitrogens is 2. The summed E-state index contributed by atoms with van der Waals surface area (Å²) >= 11 is 6.10. The Morgan fingerprint density at radius 3 is 2.63 bits per heavy atom. The molecule has 0 bridgehead atoms. The minimum atomic E-state index is -0.331. The van der Waals surface area contributed by atoms with Gasteiger partial charge in [-0.1, -0.05) is 49.7 Å². The van der Waals surface area contributed by atoms with Crippen LogP contribution < -0.4 is 10.1 Å². The average Bonchev–Trinajstić information content (AvgIpc) is 3.43. The van der Waals surface area contributed by atoms with E-state index < -0.39 is 0 Å². The van der Waals surface area contributed by atoms with Gasteiger partial charge in [0.15, 0.2) is 5.76 Å². The minimum Gasteiger partial charge on any atom is -0.486 e. The number of amides is 1. The van der Waals surface area contributed by atoms with Gasteiger partial charge in [0.05, 0.1) is 23.6 Å². The molecule has 2 aromatic heterocycles. The zero-order chi connectivity index (χ0) is 24.9. The molecule has 1 unspecified atom stereocenters. The SMILES string of the molecule is CCC(C)c1ccc(OCc2ccc(C(=O)Nc3c(C)nn(Cc4cccc(Cl)c4)c3C)o2)cc1. The van der Waals surface area contributed by atoms with E-state index in [-0.39, 0.29) is 18.3 Å². The second-order valence-electron chi connectivity index (χ2n) is 8.72. The Morgan fingerprint density at radius 1 is 1.14 bits per heavy atom. The number of hydrogen-bond acceptors (Lipinski definition) is 4. The lowest BCUT2D eigenvalue weighted by Crippen LogP contribution is -2.12. The standard InChI is InChI=1S/C28H30ClN3O3/c1-5-18(2)22-9-11-24(12-10-22)34-17-25-13-14-26(35-25)28(33)30-27-19(3)31-32(20(27)4)16-21-7-6-8-23(29)15-21/h6-15,18H,5,16-17H2,1-4H3,(H,30,33). The van der Waals surface area contributed by atoms with Crippen molar-refractivity contribution in [3.63, 3.8) is 0 Å². The number of ether oxygens (including phenoxy) is 1. The lowest BCUT2D eigenvalue weighted by molar-refractivity contribution is 0.0992. The van der Waals surface area contributed by atoms with Crippen LogP contribution in [0.25, 0.3) is 0 Å². The van der Waals surface area contributed by atoms with Gasteiger partial charge in [-0.15, -0.1) is 0 Å². The van der Waals surface area contributed by atoms with Gasteiger partial charge in [0.2, 0.25) is 0 Å². The molecule has 4 aromatic rings. The van der Waals surface area contributed by atoms with E-state index in [1.54, 1.807) is 12.1 Å². The molecule has 1 amide bonds. The Kier molecular flexibility index (Phi) is 7.61. The number of benzene rings is 2. The quantitative estimate of drug-likeness (QED) is 0.270. The zero-order valence-electron chi connectivity index (χ0n) is 20.5. The first kappa shape index (κ1) is 24.6. The number of furan rings is 1. The summed E-state index contributed by atoms with van der Waals surface area (Å²) in [6.45, 7) is 8.97. The summed E-state index contributed by atoms with van der Waals surface area (Å²) in [5.74, 6) is 1.75. The van der Waals surface area contributed by atoms with Gasteiger partial charge in [-0.25, -0.2) is 0 Å². The average molecular weight is 492 g/mol. The molecule has 0 saturated carbocycles. The van der Waals surface area contributed by atoms with E-state index in [1.807, 2.05) is 54.9 Å². The highest BCUT2D eigenvalue weighted by molar-refractivity contribution is 6.30. The number of nitrogens with one attached hydrogen (secondary N) is 1. The van der Waals surface area contributed by atoms with E-state index in [2.05, 4.69) is 36.4 Å². The van der Waals surface area contributed by atoms with Crippen molar-refractivity contribution < 1.29 is 13.9 Å². The number of anilines is 1. The van der Waals surface area contributed by atoms with Crippen LogP contribution in [0.5, 0.6) is 5.75 Å². The van der Waals surface area contributed by atoms with Gasteiger partial charge in [-0.2, -0.15) is 5.10 Å². The topological polar surface area (TPSA) is 69.3 Å². The molecular weight excluding hydrogens is 462 g/mol. The highest BCUT2D eigenvalue weighted by Gasteiger charge is 2.18. The smallest absolute Gasteiger partial charge is 0.291 e. The van der Waals surface area contributed by atoms with Crippen molar-refractivity contribution in [2.45, 2.75) is 53.2 Å². The summed E-state index contributed by atoms with van der Waals surface area (Å²) < 4.78 is 13.4. The largest absolute Gasteiger partial charge is 0.486 e. The summed E-state index contributed by atoms with van der Waals surface area (Å²) in [7, 11) is 0. The Bertz CT molecular complexity index is 1310. The molecule has 2 aromatic carbocycles. The van der Waals surface area contributed by atoms with Crippen molar-refractivity contribution in [3.8, 4) is 5.75 Å². The first-order valence-electron chi connectivity index (χ1n) is 11.7. The Morgan fingerprint density at radius 2 is 1.91 bits per heavy atom. The second-order valence-corrected chi connectivity index (χ2v) is 9.16. The van der Waals surface area contributed by atoms with Crippen LogP contribution in [0.3, 0.4) is 0 Å². The van der Waals surface area contributed by atoms with E-state index in [1.165, 1.54) is 5.56 Å². The predicted octanol–water partition coefficient (Wildman–Crippen LogP) is 7.14. The third kappa shape index (κ3) is 5.95. The number of halogens is 1. The van der Waals surface area contributed by atoms with Crippen LogP contribution in [0.2, 0.25) is 5.02 Å². The normalized spacial score (nSPS) is 11.9. The molecule has 0 fully saturated rings. The highest BCUT2D eigenvalue weighted by Crippen LogP contribution is 2.24. The molecule has 6 nitrogen and oxygen atoms in total. The fourth-order valence-corrected chi connectivity index (χ4v) is 4.09. The summed E-state index contributed by atoms with van der Waals surface area (Å²) in [5, 5.41) is 8.20. The molecule has 0 saturated heterocycles. The summed E-state index contributed by atoms with van der Waals surface area (Å²) in [4.78, 5) is 12.8. The van der Waals surface area contributed by atoms with E-state index in [9.17, 15) is 4.79 Å². The minimum absolute atomic E-state index is 0.220. The van der Waals surface area contributed by atoms with Crippen LogP contribution in [-0.4, -0.2) is 15.7 Å². The molecule has 0 aliphatic carbocycles. The maximum atomic E-state index is 12.8. The molecule has 182 valence electrons. The molecule has 35 heavy (non-hydrogen) atoms. The molecule has 0 spiro atoms. The van der Waals surface area contributed by atoms with Crippen LogP contribution in [0.15, 0.2) is 65.1 Å². The van der Waals surface area contributed by atoms with Crippen LogP contribution in [-0.2, 0) is 13.2 Å². The number of aryl methyl sites for hydroxylation is 1. The first-order valence-corrected chi connectivity index (χ1v) is 12.1. The fourth-order valence-electron chi connectivity index (χ4n) is 3.88. The first-order chi connectivity index (χ1) is 16.8. The zero-order valence-corrected chi connectivity index (χ0v) is 21.2. The number of nitrogens with zero attached hydrogens (tertiary/aromatic N) is 2. The van der Waals surface area contributed by atoms with Crippen molar-refractivity contribution in [1.82, 2.24) is 9.78 Å². The van der Waals surface area contributed by atoms with Crippen LogP contribution in [0, 0.1) is 13.8 Å². The molecule has 0 radical (unpaired) electrons. The van der Waals surface area contributed by atoms with Crippen molar-refractivity contribution in [1.29, 1.82) is 0 Å². The third-order valence-electron chi connectivity index (χ3n) is 6.17. The van der Waals surface area contributed by atoms with Crippen molar-refractivity contribution in [2.75, 3.05) is 5.32 Å². The van der Waals surface area contributed by atoms with E-state index in [0.717, 1.165) is 29.1 Å². The van der Waals surface area contributed by atoms with Gasteiger partial charge in [0, 0.05) is 5.02 Å². The highest BCUT2D eigenvalue weighted by atomic mass is 35.5. The maximum absolute atomic E-state index is 12.8. The van der Waals surface area contributed by atoms with Crippen LogP contribution >= 0.6 is 11.6 Å². The van der Waals surface area contributed by atoms with Crippen LogP contribution in [0.1, 0.15) is 65.0 Å². The van der Waals surface area contributed by atoms with E-state index in [4.69, 9.17) is 20.8 Å². The molecule has 0 aliphatic rings. The fraction of sp³-hybridized carbons (Fsp3) is 0.286. The molecule has 4 rings (SSSR count). The lowest BCUT2D eigenvalue weighted by atomic mass is 9.99. The van der Waals surface area contributed by atoms with Crippen molar-refractivity contribution in [2.24, 2.45) is 0 Å². The molecule has 0 aliphatic heterocycles. The Labute approximate surface area is 210 Å². The maximum Gasteiger partial charge on any atom is 0.291 e. The molecule has 7 heteroatoms. The van der Waals surface area contributed by atoms with Crippen LogP contribution in [0.4, 0.5) is 5.69 Å². The molecule has 1 atom stereocenters. The number of carbonyl (C=O) groups excluding carboxylic acids is 1. The van der Waals surface area contributed by atoms with Gasteiger partial charge in [-0.05, 0) is 73.7 Å². The number of hydrogen-bond donors (Lipinski definition) is 1. The third-order valence-corrected chi connectivity index (χ3v) is 6.40. The van der Waals surface area contributed by atoms with Gasteiger partial charge in [0.25, 0.3) is 5.91 Å². The second kappa shape index (κ2) is 10.8. The number of rotatable bonds is 9. The summed E-state index contributed by atoms with van der Waals surface area (Å²) in [5.41, 5.74) is 4.58. The molecular formula is C28H30ClN3O3. The Hall–Kier alpha value is -3.51. The van der Waals surface area contributed by atoms with E-state index in [0.29, 0.717) is 28.9 Å². The molecule has 1 N–H and O–H groups in total. The van der Waals surface area contributed by atoms with Crippen molar-refractivity contribution in [3.05, 3.63) is 99.7 Å². The Balaban J connectivity index is 1.38. The monoisotopic (exact) mass is 491 g/mol. The van der Waals surface area contributed by atoms with Crippen molar-refractivity contribution >= 4 is 23.2 Å². The lowest BCUT2D eigenvalue weighted by Gasteiger charge is -2.10. The predicted molar refractivity (Wildman–Crippen MR) is 138 cm³/mol. The molecule has 2 heterocycles. The number of carbonyl (C=O) groups is 1. The summed E-state index contributed by atoms with van der Waals surface area (Å²) in [6.07, 6.45) is 1.10. The summed E-state index contributed by atoms with van der Waals surface area (Å²) in [6, 6.07) is 19.1. The van der Waals surface area contributed by atoms with Gasteiger partial charge in [-0.3, -0.25) is 9.48 Å². The van der Waals surface area contributed by atoms with Gasteiger partial charge in [0.1, 0.15) is 18.1 Å².